The van der Waals surface area contributed by atoms with Gasteiger partial charge in [-0.05, 0) is 30.7 Å². The van der Waals surface area contributed by atoms with Crippen LogP contribution in [0.15, 0.2) is 24.3 Å². The van der Waals surface area contributed by atoms with E-state index in [1.165, 1.54) is 12.1 Å². The van der Waals surface area contributed by atoms with Gasteiger partial charge in [-0.2, -0.15) is 0 Å². The number of carbonyl (C=O) groups is 1. The Labute approximate surface area is 86.9 Å². The third kappa shape index (κ3) is 1.85. The zero-order valence-electron chi connectivity index (χ0n) is 8.16. The zero-order valence-corrected chi connectivity index (χ0v) is 8.16. The number of hydrogen-bond acceptors (Lipinski definition) is 2. The van der Waals surface area contributed by atoms with Gasteiger partial charge in [0.2, 0.25) is 0 Å². The molecule has 0 radical (unpaired) electrons. The minimum absolute atomic E-state index is 0.00352. The summed E-state index contributed by atoms with van der Waals surface area (Å²) in [5.41, 5.74) is 0.157. The molecule has 1 aromatic carbocycles. The van der Waals surface area contributed by atoms with E-state index in [0.717, 1.165) is 18.5 Å². The van der Waals surface area contributed by atoms with Gasteiger partial charge in [-0.3, -0.25) is 4.79 Å². The van der Waals surface area contributed by atoms with E-state index < -0.39 is 11.5 Å². The lowest BCUT2D eigenvalue weighted by atomic mass is 9.78. The minimum atomic E-state index is -0.869. The SMILES string of the molecule is O=C(O)CC1(c2cccc(F)c2)CCN1. The molecule has 15 heavy (non-hydrogen) atoms. The van der Waals surface area contributed by atoms with Gasteiger partial charge >= 0.3 is 5.97 Å². The van der Waals surface area contributed by atoms with Crippen LogP contribution < -0.4 is 5.32 Å². The van der Waals surface area contributed by atoms with Crippen LogP contribution in [0.4, 0.5) is 4.39 Å². The predicted octanol–water partition coefficient (Wildman–Crippen LogP) is 1.49. The Hall–Kier alpha value is -1.42. The molecule has 80 valence electrons. The molecule has 3 nitrogen and oxygen atoms in total. The lowest BCUT2D eigenvalue weighted by Crippen LogP contribution is -2.55. The summed E-state index contributed by atoms with van der Waals surface area (Å²) in [5.74, 6) is -1.20. The average Bonchev–Trinajstić information content (AvgIpc) is 2.11. The average molecular weight is 209 g/mol. The maximum Gasteiger partial charge on any atom is 0.305 e. The van der Waals surface area contributed by atoms with Gasteiger partial charge in [0.1, 0.15) is 5.82 Å². The Morgan fingerprint density at radius 2 is 2.33 bits per heavy atom. The Morgan fingerprint density at radius 1 is 1.60 bits per heavy atom. The molecule has 0 spiro atoms. The van der Waals surface area contributed by atoms with E-state index in [4.69, 9.17) is 5.11 Å². The van der Waals surface area contributed by atoms with Crippen molar-refractivity contribution < 1.29 is 14.3 Å². The molecule has 4 heteroatoms. The topological polar surface area (TPSA) is 49.3 Å². The van der Waals surface area contributed by atoms with E-state index in [-0.39, 0.29) is 12.2 Å². The van der Waals surface area contributed by atoms with Crippen molar-refractivity contribution in [2.75, 3.05) is 6.54 Å². The smallest absolute Gasteiger partial charge is 0.305 e. The van der Waals surface area contributed by atoms with E-state index >= 15 is 0 Å². The van der Waals surface area contributed by atoms with E-state index in [0.29, 0.717) is 0 Å². The minimum Gasteiger partial charge on any atom is -0.481 e. The Balaban J connectivity index is 2.29. The van der Waals surface area contributed by atoms with Crippen molar-refractivity contribution in [1.82, 2.24) is 5.32 Å². The number of rotatable bonds is 3. The van der Waals surface area contributed by atoms with Gasteiger partial charge in [-0.1, -0.05) is 12.1 Å². The molecule has 1 unspecified atom stereocenters. The predicted molar refractivity (Wildman–Crippen MR) is 53.0 cm³/mol. The fourth-order valence-corrected chi connectivity index (χ4v) is 1.97. The number of nitrogens with one attached hydrogen (secondary N) is 1. The molecule has 1 saturated heterocycles. The van der Waals surface area contributed by atoms with Crippen LogP contribution in [0.25, 0.3) is 0 Å². The summed E-state index contributed by atoms with van der Waals surface area (Å²) in [6, 6.07) is 6.12. The number of carboxylic acids is 1. The van der Waals surface area contributed by atoms with Crippen LogP contribution in [0.3, 0.4) is 0 Å². The molecule has 0 amide bonds. The second kappa shape index (κ2) is 3.62. The highest BCUT2D eigenvalue weighted by Crippen LogP contribution is 2.34. The molecule has 1 aliphatic rings. The highest BCUT2D eigenvalue weighted by atomic mass is 19.1. The fourth-order valence-electron chi connectivity index (χ4n) is 1.97. The van der Waals surface area contributed by atoms with Crippen LogP contribution in [0.1, 0.15) is 18.4 Å². The van der Waals surface area contributed by atoms with E-state index in [1.807, 2.05) is 0 Å². The summed E-state index contributed by atoms with van der Waals surface area (Å²) in [6.07, 6.45) is 0.735. The molecule has 1 fully saturated rings. The molecule has 2 N–H and O–H groups in total. The van der Waals surface area contributed by atoms with Crippen LogP contribution in [-0.2, 0) is 10.3 Å². The van der Waals surface area contributed by atoms with Crippen molar-refractivity contribution in [3.63, 3.8) is 0 Å². The first-order chi connectivity index (χ1) is 7.12. The maximum atomic E-state index is 13.0. The normalized spacial score (nSPS) is 24.6. The first-order valence-corrected chi connectivity index (χ1v) is 4.85. The summed E-state index contributed by atoms with van der Waals surface area (Å²) >= 11 is 0. The van der Waals surface area contributed by atoms with Gasteiger partial charge in [0, 0.05) is 0 Å². The van der Waals surface area contributed by atoms with Gasteiger partial charge in [-0.25, -0.2) is 4.39 Å². The third-order valence-corrected chi connectivity index (χ3v) is 2.85. The van der Waals surface area contributed by atoms with Crippen LogP contribution >= 0.6 is 0 Å². The third-order valence-electron chi connectivity index (χ3n) is 2.85. The molecular formula is C11H12FNO2. The van der Waals surface area contributed by atoms with Crippen molar-refractivity contribution in [3.8, 4) is 0 Å². The Morgan fingerprint density at radius 3 is 2.80 bits per heavy atom. The van der Waals surface area contributed by atoms with Gasteiger partial charge in [-0.15, -0.1) is 0 Å². The highest BCUT2D eigenvalue weighted by Gasteiger charge is 2.40. The number of benzene rings is 1. The number of hydrogen-bond donors (Lipinski definition) is 2. The molecule has 1 heterocycles. The highest BCUT2D eigenvalue weighted by molar-refractivity contribution is 5.69. The first kappa shape index (κ1) is 10.1. The Kier molecular flexibility index (Phi) is 2.44. The van der Waals surface area contributed by atoms with Crippen molar-refractivity contribution in [3.05, 3.63) is 35.6 Å². The zero-order chi connectivity index (χ0) is 10.9. The van der Waals surface area contributed by atoms with E-state index in [2.05, 4.69) is 5.32 Å². The van der Waals surface area contributed by atoms with Crippen LogP contribution in [0.2, 0.25) is 0 Å². The van der Waals surface area contributed by atoms with Gasteiger partial charge < -0.3 is 10.4 Å². The van der Waals surface area contributed by atoms with Crippen LogP contribution in [0, 0.1) is 5.82 Å². The molecule has 1 aliphatic heterocycles. The van der Waals surface area contributed by atoms with E-state index in [1.54, 1.807) is 12.1 Å². The summed E-state index contributed by atoms with van der Waals surface area (Å²) in [5, 5.41) is 11.9. The number of halogens is 1. The molecule has 0 saturated carbocycles. The van der Waals surface area contributed by atoms with Crippen molar-refractivity contribution >= 4 is 5.97 Å². The second-order valence-electron chi connectivity index (χ2n) is 3.84. The van der Waals surface area contributed by atoms with Crippen LogP contribution in [-0.4, -0.2) is 17.6 Å². The summed E-state index contributed by atoms with van der Waals surface area (Å²) in [7, 11) is 0. The summed E-state index contributed by atoms with van der Waals surface area (Å²) in [6.45, 7) is 0.782. The number of carboxylic acid groups (broad SMARTS) is 1. The van der Waals surface area contributed by atoms with Crippen molar-refractivity contribution in [2.45, 2.75) is 18.4 Å². The lowest BCUT2D eigenvalue weighted by Gasteiger charge is -2.42. The summed E-state index contributed by atoms with van der Waals surface area (Å²) in [4.78, 5) is 10.7. The van der Waals surface area contributed by atoms with Crippen molar-refractivity contribution in [2.24, 2.45) is 0 Å². The molecule has 0 bridgehead atoms. The summed E-state index contributed by atoms with van der Waals surface area (Å²) < 4.78 is 13.0. The largest absolute Gasteiger partial charge is 0.481 e. The van der Waals surface area contributed by atoms with Gasteiger partial charge in [0.15, 0.2) is 0 Å². The van der Waals surface area contributed by atoms with Gasteiger partial charge in [0.25, 0.3) is 0 Å². The monoisotopic (exact) mass is 209 g/mol. The van der Waals surface area contributed by atoms with Crippen LogP contribution in [0.5, 0.6) is 0 Å². The van der Waals surface area contributed by atoms with Gasteiger partial charge in [0.05, 0.1) is 12.0 Å². The molecule has 1 atom stereocenters. The molecule has 1 aromatic rings. The Bertz CT molecular complexity index is 388. The molecule has 2 rings (SSSR count). The molecule has 0 aliphatic carbocycles. The first-order valence-electron chi connectivity index (χ1n) is 4.85. The maximum absolute atomic E-state index is 13.0. The fraction of sp³-hybridized carbons (Fsp3) is 0.364. The molecular weight excluding hydrogens is 197 g/mol. The quantitative estimate of drug-likeness (QED) is 0.792. The molecule has 0 aromatic heterocycles. The van der Waals surface area contributed by atoms with Crippen molar-refractivity contribution in [1.29, 1.82) is 0 Å². The van der Waals surface area contributed by atoms with E-state index in [9.17, 15) is 9.18 Å². The number of aliphatic carboxylic acids is 1. The standard InChI is InChI=1S/C11H12FNO2/c12-9-3-1-2-8(6-9)11(4-5-13-11)7-10(14)15/h1-3,6,13H,4-5,7H2,(H,14,15). The lowest BCUT2D eigenvalue weighted by molar-refractivity contribution is -0.139. The second-order valence-corrected chi connectivity index (χ2v) is 3.84.